The quantitative estimate of drug-likeness (QED) is 0.697. The Hall–Kier alpha value is -2.64. The molecule has 0 radical (unpaired) electrons. The van der Waals surface area contributed by atoms with Gasteiger partial charge in [-0.15, -0.1) is 16.9 Å². The Labute approximate surface area is 161 Å². The van der Waals surface area contributed by atoms with Gasteiger partial charge in [0.2, 0.25) is 0 Å². The van der Waals surface area contributed by atoms with Crippen LogP contribution in [0.1, 0.15) is 33.4 Å². The fraction of sp³-hybridized carbons (Fsp3) is 0.250. The zero-order valence-corrected chi connectivity index (χ0v) is 16.0. The summed E-state index contributed by atoms with van der Waals surface area (Å²) in [5.41, 5.74) is 4.05. The Morgan fingerprint density at radius 2 is 1.93 bits per heavy atom. The maximum atomic E-state index is 12.6. The van der Waals surface area contributed by atoms with Crippen molar-refractivity contribution in [3.05, 3.63) is 71.0 Å². The summed E-state index contributed by atoms with van der Waals surface area (Å²) in [4.78, 5) is 13.7. The van der Waals surface area contributed by atoms with Crippen LogP contribution < -0.4 is 5.32 Å². The SMILES string of the molecule is CSc1ccc(NC(=O)c2nnn3c2COC(c2ccc(C)cc2)C3)cc1. The number of thioether (sulfide) groups is 1. The molecule has 0 fully saturated rings. The van der Waals surface area contributed by atoms with Crippen molar-refractivity contribution in [2.45, 2.75) is 31.1 Å². The van der Waals surface area contributed by atoms with Crippen LogP contribution in [0.2, 0.25) is 0 Å². The number of fused-ring (bicyclic) bond motifs is 1. The maximum Gasteiger partial charge on any atom is 0.278 e. The third-order valence-corrected chi connectivity index (χ3v) is 5.35. The van der Waals surface area contributed by atoms with Gasteiger partial charge in [0.1, 0.15) is 6.10 Å². The standard InChI is InChI=1S/C20H20N4O2S/c1-13-3-5-14(6-4-13)18-11-24-17(12-26-18)19(22-23-24)20(25)21-15-7-9-16(27-2)10-8-15/h3-10,18H,11-12H2,1-2H3,(H,21,25). The Kier molecular flexibility index (Phi) is 4.96. The van der Waals surface area contributed by atoms with E-state index in [1.165, 1.54) is 5.56 Å². The number of benzene rings is 2. The molecule has 1 aliphatic rings. The number of anilines is 1. The van der Waals surface area contributed by atoms with Gasteiger partial charge < -0.3 is 10.1 Å². The summed E-state index contributed by atoms with van der Waals surface area (Å²) in [6.07, 6.45) is 1.93. The van der Waals surface area contributed by atoms with Gasteiger partial charge in [-0.05, 0) is 43.0 Å². The number of nitrogens with one attached hydrogen (secondary N) is 1. The molecule has 1 aliphatic heterocycles. The first-order chi connectivity index (χ1) is 13.1. The van der Waals surface area contributed by atoms with Crippen LogP contribution >= 0.6 is 11.8 Å². The van der Waals surface area contributed by atoms with Crippen molar-refractivity contribution < 1.29 is 9.53 Å². The van der Waals surface area contributed by atoms with Gasteiger partial charge in [-0.25, -0.2) is 4.68 Å². The van der Waals surface area contributed by atoms with Crippen LogP contribution in [0, 0.1) is 6.92 Å². The van der Waals surface area contributed by atoms with E-state index in [1.54, 1.807) is 16.4 Å². The van der Waals surface area contributed by atoms with Crippen molar-refractivity contribution in [3.8, 4) is 0 Å². The highest BCUT2D eigenvalue weighted by Gasteiger charge is 2.27. The Morgan fingerprint density at radius 1 is 1.19 bits per heavy atom. The summed E-state index contributed by atoms with van der Waals surface area (Å²) in [7, 11) is 0. The molecule has 138 valence electrons. The number of ether oxygens (including phenoxy) is 1. The molecule has 27 heavy (non-hydrogen) atoms. The molecule has 3 aromatic rings. The molecule has 0 saturated carbocycles. The highest BCUT2D eigenvalue weighted by molar-refractivity contribution is 7.98. The molecular weight excluding hydrogens is 360 g/mol. The van der Waals surface area contributed by atoms with Crippen LogP contribution in [-0.2, 0) is 17.9 Å². The van der Waals surface area contributed by atoms with Crippen LogP contribution in [0.25, 0.3) is 0 Å². The van der Waals surface area contributed by atoms with Crippen LogP contribution in [0.5, 0.6) is 0 Å². The van der Waals surface area contributed by atoms with Gasteiger partial charge in [-0.3, -0.25) is 4.79 Å². The molecule has 7 heteroatoms. The molecular formula is C20H20N4O2S. The minimum absolute atomic E-state index is 0.0881. The summed E-state index contributed by atoms with van der Waals surface area (Å²) in [6.45, 7) is 2.90. The molecule has 0 saturated heterocycles. The Morgan fingerprint density at radius 3 is 2.63 bits per heavy atom. The monoisotopic (exact) mass is 380 g/mol. The van der Waals surface area contributed by atoms with E-state index < -0.39 is 0 Å². The lowest BCUT2D eigenvalue weighted by atomic mass is 10.1. The molecule has 0 aliphatic carbocycles. The molecule has 2 aromatic carbocycles. The minimum atomic E-state index is -0.273. The number of hydrogen-bond acceptors (Lipinski definition) is 5. The molecule has 0 spiro atoms. The maximum absolute atomic E-state index is 12.6. The number of carbonyl (C=O) groups is 1. The van der Waals surface area contributed by atoms with Gasteiger partial charge >= 0.3 is 0 Å². The summed E-state index contributed by atoms with van der Waals surface area (Å²) >= 11 is 1.66. The second-order valence-electron chi connectivity index (χ2n) is 6.46. The van der Waals surface area contributed by atoms with E-state index in [2.05, 4.69) is 46.8 Å². The number of hydrogen-bond donors (Lipinski definition) is 1. The third-order valence-electron chi connectivity index (χ3n) is 4.61. The number of nitrogens with zero attached hydrogens (tertiary/aromatic N) is 3. The van der Waals surface area contributed by atoms with E-state index in [0.717, 1.165) is 16.1 Å². The van der Waals surface area contributed by atoms with E-state index in [4.69, 9.17) is 4.74 Å². The highest BCUT2D eigenvalue weighted by atomic mass is 32.2. The normalized spacial score (nSPS) is 16.0. The first-order valence-corrected chi connectivity index (χ1v) is 9.92. The van der Waals surface area contributed by atoms with Crippen LogP contribution in [-0.4, -0.2) is 27.2 Å². The summed E-state index contributed by atoms with van der Waals surface area (Å²) in [5, 5.41) is 11.1. The fourth-order valence-electron chi connectivity index (χ4n) is 3.04. The highest BCUT2D eigenvalue weighted by Crippen LogP contribution is 2.27. The predicted molar refractivity (Wildman–Crippen MR) is 105 cm³/mol. The lowest BCUT2D eigenvalue weighted by Gasteiger charge is -2.24. The zero-order valence-electron chi connectivity index (χ0n) is 15.2. The van der Waals surface area contributed by atoms with E-state index >= 15 is 0 Å². The average molecular weight is 380 g/mol. The molecule has 1 aromatic heterocycles. The average Bonchev–Trinajstić information content (AvgIpc) is 3.12. The van der Waals surface area contributed by atoms with Crippen LogP contribution in [0.15, 0.2) is 53.4 Å². The number of rotatable bonds is 4. The predicted octanol–water partition coefficient (Wildman–Crippen LogP) is 3.83. The smallest absolute Gasteiger partial charge is 0.278 e. The minimum Gasteiger partial charge on any atom is -0.365 e. The molecule has 1 unspecified atom stereocenters. The molecule has 2 heterocycles. The van der Waals surface area contributed by atoms with Gasteiger partial charge in [0, 0.05) is 10.6 Å². The molecule has 1 amide bonds. The second-order valence-corrected chi connectivity index (χ2v) is 7.34. The number of carbonyl (C=O) groups excluding carboxylic acids is 1. The van der Waals surface area contributed by atoms with Crippen LogP contribution in [0.3, 0.4) is 0 Å². The lowest BCUT2D eigenvalue weighted by Crippen LogP contribution is -2.24. The molecule has 0 bridgehead atoms. The Bertz CT molecular complexity index is 951. The molecule has 1 atom stereocenters. The van der Waals surface area contributed by atoms with Gasteiger partial charge in [0.25, 0.3) is 5.91 Å². The van der Waals surface area contributed by atoms with Gasteiger partial charge in [-0.2, -0.15) is 0 Å². The second kappa shape index (κ2) is 7.54. The fourth-order valence-corrected chi connectivity index (χ4v) is 3.44. The van der Waals surface area contributed by atoms with E-state index in [0.29, 0.717) is 24.5 Å². The van der Waals surface area contributed by atoms with Gasteiger partial charge in [-0.1, -0.05) is 35.0 Å². The molecule has 4 rings (SSSR count). The molecule has 1 N–H and O–H groups in total. The Balaban J connectivity index is 1.48. The zero-order chi connectivity index (χ0) is 18.8. The van der Waals surface area contributed by atoms with E-state index in [9.17, 15) is 4.79 Å². The number of amides is 1. The third kappa shape index (κ3) is 3.74. The van der Waals surface area contributed by atoms with Crippen molar-refractivity contribution in [1.82, 2.24) is 15.0 Å². The summed E-state index contributed by atoms with van der Waals surface area (Å²) < 4.78 is 7.74. The first kappa shape index (κ1) is 17.8. The van der Waals surface area contributed by atoms with Crippen molar-refractivity contribution in [2.24, 2.45) is 0 Å². The topological polar surface area (TPSA) is 69.0 Å². The van der Waals surface area contributed by atoms with Crippen molar-refractivity contribution in [3.63, 3.8) is 0 Å². The largest absolute Gasteiger partial charge is 0.365 e. The van der Waals surface area contributed by atoms with Crippen molar-refractivity contribution in [1.29, 1.82) is 0 Å². The number of aryl methyl sites for hydroxylation is 1. The van der Waals surface area contributed by atoms with Crippen molar-refractivity contribution >= 4 is 23.4 Å². The van der Waals surface area contributed by atoms with Crippen LogP contribution in [0.4, 0.5) is 5.69 Å². The summed E-state index contributed by atoms with van der Waals surface area (Å²) in [5.74, 6) is -0.273. The van der Waals surface area contributed by atoms with E-state index in [1.807, 2.05) is 30.5 Å². The van der Waals surface area contributed by atoms with Gasteiger partial charge in [0.05, 0.1) is 18.8 Å². The van der Waals surface area contributed by atoms with Gasteiger partial charge in [0.15, 0.2) is 5.69 Å². The van der Waals surface area contributed by atoms with E-state index in [-0.39, 0.29) is 12.0 Å². The lowest BCUT2D eigenvalue weighted by molar-refractivity contribution is -0.00171. The summed E-state index contributed by atoms with van der Waals surface area (Å²) in [6, 6.07) is 16.0. The van der Waals surface area contributed by atoms with Crippen molar-refractivity contribution in [2.75, 3.05) is 11.6 Å². The molecule has 6 nitrogen and oxygen atoms in total. The number of aromatic nitrogens is 3. The first-order valence-electron chi connectivity index (χ1n) is 8.70.